The van der Waals surface area contributed by atoms with Crippen LogP contribution in [0.5, 0.6) is 11.5 Å². The molecule has 0 radical (unpaired) electrons. The highest BCUT2D eigenvalue weighted by Crippen LogP contribution is 2.28. The molecule has 1 amide bonds. The number of rotatable bonds is 7. The topological polar surface area (TPSA) is 65.8 Å². The Morgan fingerprint density at radius 3 is 2.63 bits per heavy atom. The minimum absolute atomic E-state index is 0.00351. The lowest BCUT2D eigenvalue weighted by molar-refractivity contribution is 0.0760. The molecule has 0 aliphatic carbocycles. The van der Waals surface area contributed by atoms with Crippen LogP contribution in [0.3, 0.4) is 0 Å². The molecule has 0 atom stereocenters. The van der Waals surface area contributed by atoms with Gasteiger partial charge in [0.25, 0.3) is 5.91 Å². The van der Waals surface area contributed by atoms with Crippen molar-refractivity contribution >= 4 is 5.91 Å². The first kappa shape index (κ1) is 21.4. The van der Waals surface area contributed by atoms with Crippen LogP contribution in [-0.2, 0) is 6.54 Å². The van der Waals surface area contributed by atoms with E-state index in [2.05, 4.69) is 17.5 Å². The average Bonchev–Trinajstić information content (AvgIpc) is 3.03. The zero-order valence-corrected chi connectivity index (χ0v) is 17.3. The molecule has 0 N–H and O–H groups in total. The summed E-state index contributed by atoms with van der Waals surface area (Å²) in [6.45, 7) is 7.98. The smallest absolute Gasteiger partial charge is 0.254 e. The zero-order chi connectivity index (χ0) is 21.3. The van der Waals surface area contributed by atoms with Crippen LogP contribution in [-0.4, -0.2) is 55.6 Å². The summed E-state index contributed by atoms with van der Waals surface area (Å²) in [5.41, 5.74) is 2.44. The average molecular weight is 405 g/mol. The van der Waals surface area contributed by atoms with Crippen molar-refractivity contribution in [1.29, 1.82) is 5.26 Å². The van der Waals surface area contributed by atoms with Crippen molar-refractivity contribution in [3.8, 4) is 17.6 Å². The van der Waals surface area contributed by atoms with E-state index in [4.69, 9.17) is 14.7 Å². The summed E-state index contributed by atoms with van der Waals surface area (Å²) in [4.78, 5) is 17.3. The van der Waals surface area contributed by atoms with Crippen LogP contribution >= 0.6 is 0 Å². The molecule has 0 bridgehead atoms. The highest BCUT2D eigenvalue weighted by molar-refractivity contribution is 5.95. The first-order chi connectivity index (χ1) is 14.6. The van der Waals surface area contributed by atoms with E-state index < -0.39 is 0 Å². The largest absolute Gasteiger partial charge is 0.493 e. The molecule has 0 saturated carbocycles. The molecule has 0 unspecified atom stereocenters. The number of amides is 1. The number of hydrogen-bond donors (Lipinski definition) is 0. The van der Waals surface area contributed by atoms with Crippen LogP contribution in [0.4, 0.5) is 0 Å². The molecular formula is C24H27N3O3. The van der Waals surface area contributed by atoms with Gasteiger partial charge in [0, 0.05) is 38.3 Å². The van der Waals surface area contributed by atoms with Crippen LogP contribution in [0.25, 0.3) is 0 Å². The fourth-order valence-electron chi connectivity index (χ4n) is 3.53. The normalized spacial score (nSPS) is 14.5. The summed E-state index contributed by atoms with van der Waals surface area (Å²) in [5.74, 6) is 1.14. The molecule has 1 saturated heterocycles. The fourth-order valence-corrected chi connectivity index (χ4v) is 3.53. The molecule has 1 aliphatic rings. The Balaban J connectivity index is 1.62. The van der Waals surface area contributed by atoms with Crippen molar-refractivity contribution in [2.75, 3.05) is 39.9 Å². The van der Waals surface area contributed by atoms with Gasteiger partial charge in [-0.2, -0.15) is 5.26 Å². The van der Waals surface area contributed by atoms with E-state index in [9.17, 15) is 4.79 Å². The Kier molecular flexibility index (Phi) is 7.47. The molecule has 3 rings (SSSR count). The number of benzene rings is 2. The number of nitrogens with zero attached hydrogens (tertiary/aromatic N) is 3. The summed E-state index contributed by atoms with van der Waals surface area (Å²) in [7, 11) is 1.57. The summed E-state index contributed by atoms with van der Waals surface area (Å²) >= 11 is 0. The lowest BCUT2D eigenvalue weighted by Crippen LogP contribution is -2.35. The zero-order valence-electron chi connectivity index (χ0n) is 17.3. The highest BCUT2D eigenvalue weighted by atomic mass is 16.5. The molecule has 1 aliphatic heterocycles. The van der Waals surface area contributed by atoms with Gasteiger partial charge in [0.05, 0.1) is 18.7 Å². The molecule has 30 heavy (non-hydrogen) atoms. The van der Waals surface area contributed by atoms with E-state index in [-0.39, 0.29) is 5.91 Å². The maximum Gasteiger partial charge on any atom is 0.254 e. The molecule has 1 fully saturated rings. The SMILES string of the molecule is C=CCOc1ccc(C(=O)N2CCCN(Cc3ccc(C#N)cc3)CC2)cc1OC. The van der Waals surface area contributed by atoms with Crippen molar-refractivity contribution in [2.45, 2.75) is 13.0 Å². The Morgan fingerprint density at radius 2 is 1.93 bits per heavy atom. The maximum atomic E-state index is 13.0. The summed E-state index contributed by atoms with van der Waals surface area (Å²) < 4.78 is 11.0. The van der Waals surface area contributed by atoms with Crippen molar-refractivity contribution in [2.24, 2.45) is 0 Å². The summed E-state index contributed by atoms with van der Waals surface area (Å²) in [6, 6.07) is 15.1. The first-order valence-corrected chi connectivity index (χ1v) is 10.1. The van der Waals surface area contributed by atoms with Gasteiger partial charge in [-0.05, 0) is 42.3 Å². The highest BCUT2D eigenvalue weighted by Gasteiger charge is 2.21. The van der Waals surface area contributed by atoms with E-state index >= 15 is 0 Å². The molecule has 2 aromatic carbocycles. The van der Waals surface area contributed by atoms with Crippen LogP contribution in [0.1, 0.15) is 27.9 Å². The monoisotopic (exact) mass is 405 g/mol. The second kappa shape index (κ2) is 10.5. The fraction of sp³-hybridized carbons (Fsp3) is 0.333. The van der Waals surface area contributed by atoms with Crippen LogP contribution < -0.4 is 9.47 Å². The quantitative estimate of drug-likeness (QED) is 0.660. The number of nitriles is 1. The van der Waals surface area contributed by atoms with E-state index in [1.807, 2.05) is 29.2 Å². The molecule has 0 aromatic heterocycles. The standard InChI is InChI=1S/C24H27N3O3/c1-3-15-30-22-10-9-21(16-23(22)29-2)24(28)27-12-4-11-26(13-14-27)18-20-7-5-19(17-25)6-8-20/h3,5-10,16H,1,4,11-15,18H2,2H3. The van der Waals surface area contributed by atoms with Gasteiger partial charge in [0.2, 0.25) is 0 Å². The second-order valence-electron chi connectivity index (χ2n) is 7.20. The number of hydrogen-bond acceptors (Lipinski definition) is 5. The maximum absolute atomic E-state index is 13.0. The van der Waals surface area contributed by atoms with Crippen molar-refractivity contribution in [3.05, 3.63) is 71.8 Å². The molecular weight excluding hydrogens is 378 g/mol. The predicted molar refractivity (Wildman–Crippen MR) is 116 cm³/mol. The van der Waals surface area contributed by atoms with E-state index in [0.29, 0.717) is 35.8 Å². The third kappa shape index (κ3) is 5.40. The molecule has 2 aromatic rings. The Bertz CT molecular complexity index is 918. The van der Waals surface area contributed by atoms with Gasteiger partial charge in [-0.3, -0.25) is 9.69 Å². The molecule has 156 valence electrons. The number of ether oxygens (including phenoxy) is 2. The third-order valence-corrected chi connectivity index (χ3v) is 5.13. The molecule has 6 nitrogen and oxygen atoms in total. The second-order valence-corrected chi connectivity index (χ2v) is 7.20. The third-order valence-electron chi connectivity index (χ3n) is 5.13. The molecule has 6 heteroatoms. The van der Waals surface area contributed by atoms with Gasteiger partial charge in [-0.25, -0.2) is 0 Å². The van der Waals surface area contributed by atoms with Crippen molar-refractivity contribution < 1.29 is 14.3 Å². The predicted octanol–water partition coefficient (Wildman–Crippen LogP) is 3.48. The van der Waals surface area contributed by atoms with E-state index in [0.717, 1.165) is 32.6 Å². The lowest BCUT2D eigenvalue weighted by atomic mass is 10.1. The van der Waals surface area contributed by atoms with Crippen LogP contribution in [0.15, 0.2) is 55.1 Å². The number of methoxy groups -OCH3 is 1. The minimum atomic E-state index is 0.00351. The summed E-state index contributed by atoms with van der Waals surface area (Å²) in [5, 5.41) is 8.93. The van der Waals surface area contributed by atoms with E-state index in [1.165, 1.54) is 5.56 Å². The van der Waals surface area contributed by atoms with Crippen molar-refractivity contribution in [1.82, 2.24) is 9.80 Å². The Morgan fingerprint density at radius 1 is 1.13 bits per heavy atom. The lowest BCUT2D eigenvalue weighted by Gasteiger charge is -2.22. The van der Waals surface area contributed by atoms with Crippen LogP contribution in [0, 0.1) is 11.3 Å². The minimum Gasteiger partial charge on any atom is -0.493 e. The van der Waals surface area contributed by atoms with Gasteiger partial charge in [0.15, 0.2) is 11.5 Å². The number of carbonyl (C=O) groups is 1. The van der Waals surface area contributed by atoms with E-state index in [1.54, 1.807) is 31.4 Å². The van der Waals surface area contributed by atoms with Gasteiger partial charge in [0.1, 0.15) is 6.61 Å². The molecule has 0 spiro atoms. The van der Waals surface area contributed by atoms with Crippen LogP contribution in [0.2, 0.25) is 0 Å². The molecule has 1 heterocycles. The van der Waals surface area contributed by atoms with Crippen molar-refractivity contribution in [3.63, 3.8) is 0 Å². The van der Waals surface area contributed by atoms with Gasteiger partial charge < -0.3 is 14.4 Å². The Labute approximate surface area is 177 Å². The van der Waals surface area contributed by atoms with Gasteiger partial charge >= 0.3 is 0 Å². The number of carbonyl (C=O) groups excluding carboxylic acids is 1. The Hall–Kier alpha value is -3.30. The first-order valence-electron chi connectivity index (χ1n) is 10.1. The summed E-state index contributed by atoms with van der Waals surface area (Å²) in [6.07, 6.45) is 2.58. The van der Waals surface area contributed by atoms with Gasteiger partial charge in [-0.1, -0.05) is 24.8 Å². The van der Waals surface area contributed by atoms with Gasteiger partial charge in [-0.15, -0.1) is 0 Å².